The van der Waals surface area contributed by atoms with Crippen LogP contribution in [0.25, 0.3) is 10.1 Å². The monoisotopic (exact) mass is 482 g/mol. The highest BCUT2D eigenvalue weighted by atomic mass is 79.9. The fourth-order valence-corrected chi connectivity index (χ4v) is 4.30. The van der Waals surface area contributed by atoms with Gasteiger partial charge in [0.1, 0.15) is 17.2 Å². The number of hydrogen-bond acceptors (Lipinski definition) is 5. The standard InChI is InChI=1S/C19H16BrClN2O4S/c1-26-8-9-27-14-7-6-11(10-13(14)20)18(24)22-23-19(25)17-16(21)12-4-2-3-5-15(12)28-17/h2-7,10H,8-9H2,1H3,(H,22,24)(H,23,25). The molecule has 146 valence electrons. The van der Waals surface area contributed by atoms with E-state index in [0.29, 0.717) is 38.9 Å². The molecule has 6 nitrogen and oxygen atoms in total. The van der Waals surface area contributed by atoms with Gasteiger partial charge in [0.2, 0.25) is 0 Å². The first-order valence-corrected chi connectivity index (χ1v) is 10.2. The van der Waals surface area contributed by atoms with Crippen molar-refractivity contribution in [2.75, 3.05) is 20.3 Å². The Morgan fingerprint density at radius 1 is 1.11 bits per heavy atom. The van der Waals surface area contributed by atoms with Crippen LogP contribution in [0.5, 0.6) is 5.75 Å². The molecule has 0 aliphatic heterocycles. The number of nitrogens with one attached hydrogen (secondary N) is 2. The number of methoxy groups -OCH3 is 1. The Morgan fingerprint density at radius 3 is 2.57 bits per heavy atom. The number of hydrogen-bond donors (Lipinski definition) is 2. The van der Waals surface area contributed by atoms with Gasteiger partial charge in [-0.25, -0.2) is 0 Å². The fraction of sp³-hybridized carbons (Fsp3) is 0.158. The van der Waals surface area contributed by atoms with Crippen LogP contribution in [0.15, 0.2) is 46.9 Å². The third kappa shape index (κ3) is 4.64. The third-order valence-corrected chi connectivity index (χ3v) is 6.06. The minimum absolute atomic E-state index is 0.339. The summed E-state index contributed by atoms with van der Waals surface area (Å²) in [5.74, 6) is -0.345. The van der Waals surface area contributed by atoms with Gasteiger partial charge in [0.25, 0.3) is 11.8 Å². The normalized spacial score (nSPS) is 10.7. The fourth-order valence-electron chi connectivity index (χ4n) is 2.40. The van der Waals surface area contributed by atoms with Crippen molar-refractivity contribution in [1.29, 1.82) is 0 Å². The smallest absolute Gasteiger partial charge is 0.281 e. The molecule has 0 aliphatic rings. The Bertz CT molecular complexity index is 1020. The highest BCUT2D eigenvalue weighted by Crippen LogP contribution is 2.34. The Morgan fingerprint density at radius 2 is 1.86 bits per heavy atom. The molecule has 0 radical (unpaired) electrons. The summed E-state index contributed by atoms with van der Waals surface area (Å²) in [5.41, 5.74) is 5.15. The number of benzene rings is 2. The van der Waals surface area contributed by atoms with Crippen LogP contribution in [0.2, 0.25) is 5.02 Å². The molecular formula is C19H16BrClN2O4S. The summed E-state index contributed by atoms with van der Waals surface area (Å²) in [5, 5.41) is 1.17. The molecule has 2 N–H and O–H groups in total. The second kappa shape index (κ2) is 9.38. The average molecular weight is 484 g/mol. The van der Waals surface area contributed by atoms with Crippen molar-refractivity contribution >= 4 is 60.8 Å². The molecule has 28 heavy (non-hydrogen) atoms. The molecule has 2 amide bonds. The summed E-state index contributed by atoms with van der Waals surface area (Å²) in [6.45, 7) is 0.855. The summed E-state index contributed by atoms with van der Waals surface area (Å²) >= 11 is 10.9. The largest absolute Gasteiger partial charge is 0.490 e. The topological polar surface area (TPSA) is 76.7 Å². The van der Waals surface area contributed by atoms with E-state index in [9.17, 15) is 9.59 Å². The van der Waals surface area contributed by atoms with Crippen LogP contribution in [0.1, 0.15) is 20.0 Å². The van der Waals surface area contributed by atoms with E-state index in [-0.39, 0.29) is 0 Å². The Hall–Kier alpha value is -2.13. The van der Waals surface area contributed by atoms with Gasteiger partial charge in [0, 0.05) is 22.8 Å². The Balaban J connectivity index is 1.64. The van der Waals surface area contributed by atoms with E-state index in [0.717, 1.165) is 10.1 Å². The zero-order valence-electron chi connectivity index (χ0n) is 14.8. The Kier molecular flexibility index (Phi) is 6.90. The van der Waals surface area contributed by atoms with Crippen LogP contribution in [0.3, 0.4) is 0 Å². The predicted octanol–water partition coefficient (Wildman–Crippen LogP) is 4.42. The summed E-state index contributed by atoms with van der Waals surface area (Å²) in [7, 11) is 1.59. The van der Waals surface area contributed by atoms with Gasteiger partial charge in [-0.1, -0.05) is 29.8 Å². The predicted molar refractivity (Wildman–Crippen MR) is 113 cm³/mol. The first kappa shape index (κ1) is 20.6. The molecule has 0 unspecified atom stereocenters. The lowest BCUT2D eigenvalue weighted by atomic mass is 10.2. The lowest BCUT2D eigenvalue weighted by Gasteiger charge is -2.10. The molecule has 1 heterocycles. The van der Waals surface area contributed by atoms with Crippen LogP contribution in [-0.2, 0) is 4.74 Å². The van der Waals surface area contributed by atoms with Crippen molar-refractivity contribution in [2.24, 2.45) is 0 Å². The second-order valence-corrected chi connectivity index (χ2v) is 7.92. The van der Waals surface area contributed by atoms with Gasteiger partial charge < -0.3 is 9.47 Å². The molecule has 0 saturated heterocycles. The Labute approximate surface area is 178 Å². The molecule has 0 aliphatic carbocycles. The van der Waals surface area contributed by atoms with E-state index in [2.05, 4.69) is 26.8 Å². The van der Waals surface area contributed by atoms with Crippen molar-refractivity contribution in [1.82, 2.24) is 10.9 Å². The van der Waals surface area contributed by atoms with Gasteiger partial charge in [-0.15, -0.1) is 11.3 Å². The molecule has 9 heteroatoms. The van der Waals surface area contributed by atoms with Gasteiger partial charge >= 0.3 is 0 Å². The first-order valence-electron chi connectivity index (χ1n) is 8.20. The number of amides is 2. The van der Waals surface area contributed by atoms with E-state index in [1.165, 1.54) is 11.3 Å². The highest BCUT2D eigenvalue weighted by Gasteiger charge is 2.18. The maximum atomic E-state index is 12.4. The first-order chi connectivity index (χ1) is 13.5. The summed E-state index contributed by atoms with van der Waals surface area (Å²) in [6.07, 6.45) is 0. The van der Waals surface area contributed by atoms with Crippen molar-refractivity contribution in [2.45, 2.75) is 0 Å². The SMILES string of the molecule is COCCOc1ccc(C(=O)NNC(=O)c2sc3ccccc3c2Cl)cc1Br. The molecule has 3 aromatic rings. The van der Waals surface area contributed by atoms with E-state index < -0.39 is 11.8 Å². The summed E-state index contributed by atoms with van der Waals surface area (Å²) < 4.78 is 12.0. The van der Waals surface area contributed by atoms with Crippen molar-refractivity contribution in [3.05, 3.63) is 62.4 Å². The quantitative estimate of drug-likeness (QED) is 0.402. The van der Waals surface area contributed by atoms with Gasteiger partial charge in [-0.3, -0.25) is 20.4 Å². The molecule has 0 spiro atoms. The number of hydrazine groups is 1. The molecule has 0 bridgehead atoms. The molecule has 2 aromatic carbocycles. The van der Waals surface area contributed by atoms with Gasteiger partial charge in [-0.05, 0) is 40.2 Å². The molecule has 0 fully saturated rings. The van der Waals surface area contributed by atoms with Gasteiger partial charge in [0.05, 0.1) is 16.1 Å². The van der Waals surface area contributed by atoms with Crippen LogP contribution < -0.4 is 15.6 Å². The zero-order valence-corrected chi connectivity index (χ0v) is 17.9. The zero-order chi connectivity index (χ0) is 20.1. The molecule has 3 rings (SSSR count). The van der Waals surface area contributed by atoms with E-state index in [1.54, 1.807) is 25.3 Å². The molecular weight excluding hydrogens is 468 g/mol. The average Bonchev–Trinajstić information content (AvgIpc) is 3.04. The highest BCUT2D eigenvalue weighted by molar-refractivity contribution is 9.10. The van der Waals surface area contributed by atoms with Crippen LogP contribution in [0.4, 0.5) is 0 Å². The number of thiophene rings is 1. The van der Waals surface area contributed by atoms with Crippen LogP contribution >= 0.6 is 38.9 Å². The second-order valence-electron chi connectivity index (χ2n) is 5.64. The van der Waals surface area contributed by atoms with Crippen molar-refractivity contribution in [3.8, 4) is 5.75 Å². The van der Waals surface area contributed by atoms with E-state index >= 15 is 0 Å². The maximum Gasteiger partial charge on any atom is 0.281 e. The maximum absolute atomic E-state index is 12.4. The van der Waals surface area contributed by atoms with E-state index in [4.69, 9.17) is 21.1 Å². The number of carbonyl (C=O) groups excluding carboxylic acids is 2. The van der Waals surface area contributed by atoms with E-state index in [1.807, 2.05) is 24.3 Å². The van der Waals surface area contributed by atoms with Gasteiger partial charge in [0.15, 0.2) is 0 Å². The lowest BCUT2D eigenvalue weighted by molar-refractivity contribution is 0.0849. The van der Waals surface area contributed by atoms with Crippen molar-refractivity contribution < 1.29 is 19.1 Å². The molecule has 0 atom stereocenters. The minimum Gasteiger partial charge on any atom is -0.490 e. The number of fused-ring (bicyclic) bond motifs is 1. The van der Waals surface area contributed by atoms with Crippen molar-refractivity contribution in [3.63, 3.8) is 0 Å². The number of ether oxygens (including phenoxy) is 2. The number of rotatable bonds is 6. The third-order valence-electron chi connectivity index (χ3n) is 3.77. The number of halogens is 2. The molecule has 0 saturated carbocycles. The summed E-state index contributed by atoms with van der Waals surface area (Å²) in [4.78, 5) is 25.1. The summed E-state index contributed by atoms with van der Waals surface area (Å²) in [6, 6.07) is 12.3. The van der Waals surface area contributed by atoms with Gasteiger partial charge in [-0.2, -0.15) is 0 Å². The number of carbonyl (C=O) groups is 2. The molecule has 1 aromatic heterocycles. The minimum atomic E-state index is -0.474. The lowest BCUT2D eigenvalue weighted by Crippen LogP contribution is -2.41. The van der Waals surface area contributed by atoms with Crippen LogP contribution in [-0.4, -0.2) is 32.1 Å². The van der Waals surface area contributed by atoms with Crippen LogP contribution in [0, 0.1) is 0 Å².